The van der Waals surface area contributed by atoms with Crippen molar-refractivity contribution in [3.05, 3.63) is 165 Å². The first kappa shape index (κ1) is 65.4. The predicted molar refractivity (Wildman–Crippen MR) is 358 cm³/mol. The van der Waals surface area contributed by atoms with E-state index in [1.165, 1.54) is 42.5 Å². The van der Waals surface area contributed by atoms with Crippen molar-refractivity contribution in [1.29, 1.82) is 0 Å². The fourth-order valence-corrected chi connectivity index (χ4v) is 12.0. The van der Waals surface area contributed by atoms with Gasteiger partial charge in [0.2, 0.25) is 35.7 Å². The van der Waals surface area contributed by atoms with Crippen LogP contribution in [0.15, 0.2) is 134 Å². The molecule has 6 aromatic carbocycles. The third-order valence-electron chi connectivity index (χ3n) is 14.7. The number of hydrogen-bond acceptors (Lipinski definition) is 22. The molecule has 2 aromatic heterocycles. The van der Waals surface area contributed by atoms with Crippen molar-refractivity contribution in [2.45, 2.75) is 71.3 Å². The summed E-state index contributed by atoms with van der Waals surface area (Å²) < 4.78 is 81.5. The highest BCUT2D eigenvalue weighted by atomic mass is 32.2. The van der Waals surface area contributed by atoms with Crippen LogP contribution in [-0.4, -0.2) is 98.2 Å². The first-order valence-corrected chi connectivity index (χ1v) is 31.7. The molecule has 94 heavy (non-hydrogen) atoms. The van der Waals surface area contributed by atoms with Crippen LogP contribution >= 0.6 is 0 Å². The first-order valence-electron chi connectivity index (χ1n) is 28.8. The van der Waals surface area contributed by atoms with E-state index in [1.807, 2.05) is 58.0 Å². The van der Waals surface area contributed by atoms with Gasteiger partial charge in [0.05, 0.1) is 28.0 Å². The Kier molecular flexibility index (Phi) is 18.6. The average molecular weight is 1310 g/mol. The Balaban J connectivity index is 0.934. The van der Waals surface area contributed by atoms with E-state index in [2.05, 4.69) is 77.8 Å². The smallest absolute Gasteiger partial charge is 0.335 e. The van der Waals surface area contributed by atoms with Crippen LogP contribution in [0.25, 0.3) is 33.4 Å². The van der Waals surface area contributed by atoms with Crippen LogP contribution in [0.5, 0.6) is 0 Å². The number of aromatic carboxylic acids is 1. The van der Waals surface area contributed by atoms with Crippen molar-refractivity contribution >= 4 is 125 Å². The quantitative estimate of drug-likeness (QED) is 0.0146. The van der Waals surface area contributed by atoms with Gasteiger partial charge in [-0.15, -0.1) is 0 Å². The largest absolute Gasteiger partial charge is 0.478 e. The van der Waals surface area contributed by atoms with E-state index in [9.17, 15) is 45.4 Å². The summed E-state index contributed by atoms with van der Waals surface area (Å²) in [5.74, 6) is -0.922. The number of rotatable bonds is 20. The molecule has 0 saturated heterocycles. The number of carbonyl (C=O) groups excluding carboxylic acids is 2. The molecule has 1 atom stereocenters. The summed E-state index contributed by atoms with van der Waals surface area (Å²) in [6.07, 6.45) is -0.707. The number of aryl methyl sites for hydroxylation is 5. The molecule has 0 bridgehead atoms. The number of amides is 4. The molecule has 0 saturated carbocycles. The van der Waals surface area contributed by atoms with Crippen molar-refractivity contribution in [3.63, 3.8) is 0 Å². The van der Waals surface area contributed by atoms with Gasteiger partial charge >= 0.3 is 18.0 Å². The van der Waals surface area contributed by atoms with Crippen LogP contribution in [0.3, 0.4) is 0 Å². The van der Waals surface area contributed by atoms with Gasteiger partial charge in [-0.3, -0.25) is 9.11 Å². The van der Waals surface area contributed by atoms with Crippen LogP contribution in [0.4, 0.5) is 85.1 Å². The fraction of sp³-hybridized carbons (Fsp3) is 0.175. The molecule has 29 nitrogen and oxygen atoms in total. The van der Waals surface area contributed by atoms with Crippen molar-refractivity contribution < 1.29 is 49.8 Å². The lowest BCUT2D eigenvalue weighted by molar-refractivity contribution is 0.0696. The Morgan fingerprint density at radius 3 is 1.85 bits per heavy atom. The molecular formula is C63H64N18O11S2. The minimum atomic E-state index is -5.14. The summed E-state index contributed by atoms with van der Waals surface area (Å²) in [7, 11) is -10.1. The Morgan fingerprint density at radius 1 is 0.574 bits per heavy atom. The number of fused-ring (bicyclic) bond motifs is 2. The van der Waals surface area contributed by atoms with Gasteiger partial charge in [-0.25, -0.2) is 19.4 Å². The zero-order valence-corrected chi connectivity index (χ0v) is 53.3. The molecule has 10 rings (SSSR count). The third kappa shape index (κ3) is 15.1. The highest BCUT2D eigenvalue weighted by Gasteiger charge is 2.28. The van der Waals surface area contributed by atoms with E-state index in [1.54, 1.807) is 64.1 Å². The van der Waals surface area contributed by atoms with Crippen LogP contribution in [0.1, 0.15) is 56.2 Å². The molecule has 8 aromatic rings. The second-order valence-electron chi connectivity index (χ2n) is 21.9. The van der Waals surface area contributed by atoms with Gasteiger partial charge < -0.3 is 68.8 Å². The summed E-state index contributed by atoms with van der Waals surface area (Å²) in [5.41, 5.74) is 20.3. The lowest BCUT2D eigenvalue weighted by Crippen LogP contribution is -2.41. The predicted octanol–water partition coefficient (Wildman–Crippen LogP) is 10.4. The molecule has 3 heterocycles. The number of carboxylic acids is 1. The number of nitrogens with zero attached hydrogens (tertiary/aromatic N) is 7. The SMILES string of the molecule is Cc1cccc(Nc2nc(N)nc(NC(C)NC(=O)Nc3c(C)cc(C)c(Nc4ccc5c(-c6ccccc6S(=O)(=O)O)c6cc(S(=O)(=O)O)c(=Nc7c(C)cc(C)c(NC(=O)NCCNc8nc(N)nc(Nc9cccc(C(=O)O)c9)n8)c7C)cc-6oc5c4)c3C)n2)c1. The van der Waals surface area contributed by atoms with Crippen LogP contribution < -0.4 is 64.7 Å². The molecule has 31 heteroatoms. The van der Waals surface area contributed by atoms with E-state index >= 15 is 0 Å². The summed E-state index contributed by atoms with van der Waals surface area (Å²) in [5, 5.41) is 36.2. The molecule has 1 aliphatic heterocycles. The van der Waals surface area contributed by atoms with Crippen molar-refractivity contribution in [2.75, 3.05) is 61.8 Å². The molecule has 0 radical (unpaired) electrons. The summed E-state index contributed by atoms with van der Waals surface area (Å²) in [6, 6.07) is 29.0. The van der Waals surface area contributed by atoms with Gasteiger partial charge in [0, 0.05) is 70.0 Å². The number of anilines is 12. The number of carboxylic acid groups (broad SMARTS) is 1. The van der Waals surface area contributed by atoms with Gasteiger partial charge in [-0.1, -0.05) is 48.5 Å². The monoisotopic (exact) mass is 1310 g/mol. The van der Waals surface area contributed by atoms with E-state index in [0.29, 0.717) is 50.7 Å². The minimum Gasteiger partial charge on any atom is -0.478 e. The van der Waals surface area contributed by atoms with Gasteiger partial charge in [0.25, 0.3) is 20.2 Å². The molecule has 2 aliphatic rings. The lowest BCUT2D eigenvalue weighted by atomic mass is 9.93. The van der Waals surface area contributed by atoms with E-state index in [4.69, 9.17) is 20.9 Å². The van der Waals surface area contributed by atoms with Gasteiger partial charge in [0.15, 0.2) is 0 Å². The van der Waals surface area contributed by atoms with Crippen molar-refractivity contribution in [1.82, 2.24) is 40.5 Å². The normalized spacial score (nSPS) is 12.0. The van der Waals surface area contributed by atoms with E-state index < -0.39 is 54.2 Å². The number of aromatic nitrogens is 6. The standard InChI is InChI=1S/C63H64N18O11S2/c1-30-13-11-15-39(23-30)71-61-79-57(65)77-59(81-61)68-37(8)69-63(85)75-54-34(5)24-31(2)51(35(54)6)70-41-19-20-42-46(27-41)92-47-29-45(49(94(89,90)91)28-44(47)50(42)43-17-9-10-18-48(43)93(86,87)88)73-52-32(3)25-33(4)53(36(52)7)74-62(84)67-22-21-66-58-76-56(64)78-60(80-58)72-40-16-12-14-38(26-40)55(82)83/h9-20,23-29,37,70H,21-22H2,1-8H3,(H,82,83)(H2,67,74,84)(H2,69,75,85)(H,86,87,88)(H,89,90,91)(H4,64,66,72,76,78,80)(H4,65,68,71,77,79,81). The Bertz CT molecular complexity index is 4970. The fourth-order valence-electron chi connectivity index (χ4n) is 10.7. The molecule has 1 aliphatic carbocycles. The molecular weight excluding hydrogens is 1250 g/mol. The van der Waals surface area contributed by atoms with E-state index in [-0.39, 0.29) is 98.8 Å². The highest BCUT2D eigenvalue weighted by Crippen LogP contribution is 2.45. The average Bonchev–Trinajstić information content (AvgIpc) is 0.734. The topological polar surface area (TPSA) is 443 Å². The Morgan fingerprint density at radius 2 is 1.17 bits per heavy atom. The summed E-state index contributed by atoms with van der Waals surface area (Å²) in [6.45, 7) is 14.5. The minimum absolute atomic E-state index is 0.0159. The molecule has 4 amide bonds. The highest BCUT2D eigenvalue weighted by molar-refractivity contribution is 7.86. The number of benzene rings is 7. The number of nitrogens with one attached hydrogen (secondary N) is 9. The zero-order valence-electron chi connectivity index (χ0n) is 51.7. The van der Waals surface area contributed by atoms with Gasteiger partial charge in [-0.05, 0) is 149 Å². The Labute approximate surface area is 538 Å². The third-order valence-corrected chi connectivity index (χ3v) is 16.5. The van der Waals surface area contributed by atoms with E-state index in [0.717, 1.165) is 28.4 Å². The van der Waals surface area contributed by atoms with Gasteiger partial charge in [0.1, 0.15) is 27.3 Å². The molecule has 484 valence electrons. The number of urea groups is 2. The Hall–Kier alpha value is -11.5. The van der Waals surface area contributed by atoms with Crippen LogP contribution in [-0.2, 0) is 20.2 Å². The summed E-state index contributed by atoms with van der Waals surface area (Å²) in [4.78, 5) is 67.4. The maximum atomic E-state index is 13.7. The van der Waals surface area contributed by atoms with Crippen LogP contribution in [0.2, 0.25) is 0 Å². The van der Waals surface area contributed by atoms with Crippen molar-refractivity contribution in [2.24, 2.45) is 4.99 Å². The second-order valence-corrected chi connectivity index (χ2v) is 24.7. The molecule has 0 spiro atoms. The van der Waals surface area contributed by atoms with Crippen molar-refractivity contribution in [3.8, 4) is 22.5 Å². The number of carbonyl (C=O) groups is 3. The number of hydrogen-bond donors (Lipinski definition) is 14. The zero-order chi connectivity index (χ0) is 67.5. The first-order chi connectivity index (χ1) is 44.5. The number of nitrogen functional groups attached to an aromatic ring is 2. The number of nitrogens with two attached hydrogens (primary N) is 2. The van der Waals surface area contributed by atoms with Crippen LogP contribution in [0, 0.1) is 48.5 Å². The molecule has 16 N–H and O–H groups in total. The molecule has 0 fully saturated rings. The maximum absolute atomic E-state index is 13.7. The maximum Gasteiger partial charge on any atom is 0.335 e. The summed E-state index contributed by atoms with van der Waals surface area (Å²) >= 11 is 0. The molecule has 1 unspecified atom stereocenters. The van der Waals surface area contributed by atoms with Gasteiger partial charge in [-0.2, -0.15) is 46.7 Å². The lowest BCUT2D eigenvalue weighted by Gasteiger charge is -2.22. The second kappa shape index (κ2) is 26.7.